The third-order valence-corrected chi connectivity index (χ3v) is 1.60. The molecule has 68 valence electrons. The van der Waals surface area contributed by atoms with Gasteiger partial charge >= 0.3 is 0 Å². The fraction of sp³-hybridized carbons (Fsp3) is 0.833. The molecule has 0 saturated carbocycles. The molecule has 3 N–H and O–H groups in total. The van der Waals surface area contributed by atoms with Gasteiger partial charge in [0.25, 0.3) is 0 Å². The molecule has 0 spiro atoms. The topological polar surface area (TPSA) is 81.7 Å². The van der Waals surface area contributed by atoms with Crippen LogP contribution >= 0.6 is 0 Å². The Kier molecular flexibility index (Phi) is 2.98. The highest BCUT2D eigenvalue weighted by molar-refractivity contribution is 5.22. The predicted octanol–water partition coefficient (Wildman–Crippen LogP) is -0.641. The Hall–Kier alpha value is -1.17. The third kappa shape index (κ3) is 2.16. The van der Waals surface area contributed by atoms with Gasteiger partial charge in [-0.3, -0.25) is 0 Å². The van der Waals surface area contributed by atoms with Gasteiger partial charge in [0.2, 0.25) is 5.95 Å². The van der Waals surface area contributed by atoms with E-state index < -0.39 is 0 Å². The number of nitrogens with zero attached hydrogens (tertiary/aromatic N) is 4. The van der Waals surface area contributed by atoms with E-state index in [2.05, 4.69) is 20.8 Å². The second-order valence-corrected chi connectivity index (χ2v) is 2.75. The summed E-state index contributed by atoms with van der Waals surface area (Å²) in [5, 5.41) is 14.1. The van der Waals surface area contributed by atoms with Crippen molar-refractivity contribution in [3.05, 3.63) is 0 Å². The summed E-state index contributed by atoms with van der Waals surface area (Å²) in [5.41, 5.74) is 5.40. The van der Waals surface area contributed by atoms with Gasteiger partial charge in [-0.25, -0.2) is 4.68 Å². The van der Waals surface area contributed by atoms with Gasteiger partial charge in [-0.05, 0) is 30.3 Å². The average molecular weight is 170 g/mol. The van der Waals surface area contributed by atoms with Crippen LogP contribution in [0.1, 0.15) is 13.3 Å². The molecule has 1 aromatic rings. The smallest absolute Gasteiger partial charge is 0.242 e. The molecule has 1 heterocycles. The van der Waals surface area contributed by atoms with Gasteiger partial charge in [0.1, 0.15) is 0 Å². The van der Waals surface area contributed by atoms with Crippen LogP contribution in [-0.2, 0) is 7.05 Å². The van der Waals surface area contributed by atoms with Crippen molar-refractivity contribution in [3.63, 3.8) is 0 Å². The Morgan fingerprint density at radius 2 is 2.42 bits per heavy atom. The van der Waals surface area contributed by atoms with E-state index in [1.165, 1.54) is 0 Å². The number of hydrogen-bond donors (Lipinski definition) is 2. The molecule has 1 unspecified atom stereocenters. The largest absolute Gasteiger partial charge is 0.351 e. The van der Waals surface area contributed by atoms with Crippen molar-refractivity contribution < 1.29 is 0 Å². The molecule has 0 fully saturated rings. The van der Waals surface area contributed by atoms with Crippen LogP contribution in [-0.4, -0.2) is 32.8 Å². The Balaban J connectivity index is 2.46. The number of aryl methyl sites for hydroxylation is 1. The highest BCUT2D eigenvalue weighted by atomic mass is 15.6. The lowest BCUT2D eigenvalue weighted by Gasteiger charge is -2.11. The molecule has 0 aliphatic rings. The quantitative estimate of drug-likeness (QED) is 0.628. The monoisotopic (exact) mass is 170 g/mol. The van der Waals surface area contributed by atoms with E-state index in [4.69, 9.17) is 5.73 Å². The van der Waals surface area contributed by atoms with E-state index in [-0.39, 0.29) is 0 Å². The van der Waals surface area contributed by atoms with Crippen LogP contribution in [0.3, 0.4) is 0 Å². The highest BCUT2D eigenvalue weighted by Crippen LogP contribution is 2.00. The molecule has 0 aliphatic carbocycles. The molecule has 0 radical (unpaired) electrons. The molecule has 1 aromatic heterocycles. The van der Waals surface area contributed by atoms with Crippen molar-refractivity contribution in [3.8, 4) is 0 Å². The zero-order valence-electron chi connectivity index (χ0n) is 7.36. The minimum absolute atomic E-state index is 0.305. The lowest BCUT2D eigenvalue weighted by Crippen LogP contribution is -2.21. The minimum Gasteiger partial charge on any atom is -0.351 e. The van der Waals surface area contributed by atoms with Crippen LogP contribution in [0.5, 0.6) is 0 Å². The summed E-state index contributed by atoms with van der Waals surface area (Å²) in [6.45, 7) is 2.71. The van der Waals surface area contributed by atoms with Crippen LogP contribution in [0.15, 0.2) is 0 Å². The molecule has 12 heavy (non-hydrogen) atoms. The van der Waals surface area contributed by atoms with Crippen LogP contribution in [0.2, 0.25) is 0 Å². The first-order valence-corrected chi connectivity index (χ1v) is 3.93. The molecular weight excluding hydrogens is 156 g/mol. The van der Waals surface area contributed by atoms with Crippen molar-refractivity contribution in [1.29, 1.82) is 0 Å². The predicted molar refractivity (Wildman–Crippen MR) is 45.6 cm³/mol. The number of anilines is 1. The molecule has 1 atom stereocenters. The number of hydrogen-bond acceptors (Lipinski definition) is 5. The molecule has 1 rings (SSSR count). The van der Waals surface area contributed by atoms with Crippen molar-refractivity contribution in [2.75, 3.05) is 11.9 Å². The highest BCUT2D eigenvalue weighted by Gasteiger charge is 2.05. The van der Waals surface area contributed by atoms with Gasteiger partial charge in [0.05, 0.1) is 0 Å². The van der Waals surface area contributed by atoms with Gasteiger partial charge in [0.15, 0.2) is 0 Å². The number of rotatable bonds is 4. The summed E-state index contributed by atoms with van der Waals surface area (Å²) in [7, 11) is 1.79. The second kappa shape index (κ2) is 4.01. The van der Waals surface area contributed by atoms with Gasteiger partial charge in [-0.1, -0.05) is 5.10 Å². The SMILES string of the molecule is CC(CCN)Nc1nnnn1C. The summed E-state index contributed by atoms with van der Waals surface area (Å²) in [4.78, 5) is 0. The van der Waals surface area contributed by atoms with Crippen molar-refractivity contribution in [2.24, 2.45) is 12.8 Å². The molecular formula is C6H14N6. The van der Waals surface area contributed by atoms with E-state index in [0.717, 1.165) is 6.42 Å². The Labute approximate surface area is 71.1 Å². The van der Waals surface area contributed by atoms with Gasteiger partial charge in [-0.2, -0.15) is 0 Å². The molecule has 0 bridgehead atoms. The maximum absolute atomic E-state index is 5.40. The third-order valence-electron chi connectivity index (χ3n) is 1.60. The molecule has 6 nitrogen and oxygen atoms in total. The average Bonchev–Trinajstić information content (AvgIpc) is 2.37. The van der Waals surface area contributed by atoms with Crippen LogP contribution in [0.25, 0.3) is 0 Å². The van der Waals surface area contributed by atoms with Gasteiger partial charge in [-0.15, -0.1) is 0 Å². The maximum atomic E-state index is 5.40. The van der Waals surface area contributed by atoms with Gasteiger partial charge in [0, 0.05) is 13.1 Å². The normalized spacial score (nSPS) is 12.9. The molecule has 0 aliphatic heterocycles. The van der Waals surface area contributed by atoms with Crippen LogP contribution < -0.4 is 11.1 Å². The van der Waals surface area contributed by atoms with Crippen molar-refractivity contribution in [1.82, 2.24) is 20.2 Å². The Bertz CT molecular complexity index is 232. The first-order chi connectivity index (χ1) is 5.74. The van der Waals surface area contributed by atoms with Gasteiger partial charge < -0.3 is 11.1 Å². The molecule has 0 saturated heterocycles. The fourth-order valence-corrected chi connectivity index (χ4v) is 0.894. The van der Waals surface area contributed by atoms with E-state index in [9.17, 15) is 0 Å². The first-order valence-electron chi connectivity index (χ1n) is 3.93. The maximum Gasteiger partial charge on any atom is 0.242 e. The van der Waals surface area contributed by atoms with Crippen LogP contribution in [0, 0.1) is 0 Å². The summed E-state index contributed by atoms with van der Waals surface area (Å²) < 4.78 is 1.59. The summed E-state index contributed by atoms with van der Waals surface area (Å²) >= 11 is 0. The number of tetrazole rings is 1. The molecule has 0 amide bonds. The Morgan fingerprint density at radius 1 is 1.67 bits per heavy atom. The number of nitrogens with two attached hydrogens (primary N) is 1. The molecule has 6 heteroatoms. The van der Waals surface area contributed by atoms with Crippen LogP contribution in [0.4, 0.5) is 5.95 Å². The van der Waals surface area contributed by atoms with E-state index in [1.807, 2.05) is 6.92 Å². The summed E-state index contributed by atoms with van der Waals surface area (Å²) in [6, 6.07) is 0.305. The van der Waals surface area contributed by atoms with Crippen molar-refractivity contribution >= 4 is 5.95 Å². The van der Waals surface area contributed by atoms with E-state index in [0.29, 0.717) is 18.5 Å². The zero-order valence-corrected chi connectivity index (χ0v) is 7.36. The van der Waals surface area contributed by atoms with E-state index >= 15 is 0 Å². The lowest BCUT2D eigenvalue weighted by molar-refractivity contribution is 0.679. The van der Waals surface area contributed by atoms with E-state index in [1.54, 1.807) is 11.7 Å². The molecule has 0 aromatic carbocycles. The van der Waals surface area contributed by atoms with Crippen molar-refractivity contribution in [2.45, 2.75) is 19.4 Å². The summed E-state index contributed by atoms with van der Waals surface area (Å²) in [6.07, 6.45) is 0.910. The summed E-state index contributed by atoms with van der Waals surface area (Å²) in [5.74, 6) is 0.677. The Morgan fingerprint density at radius 3 is 2.92 bits per heavy atom. The standard InChI is InChI=1S/C6H14N6/c1-5(3-4-7)8-6-9-10-11-12(6)2/h5H,3-4,7H2,1-2H3,(H,8,9,11). The number of nitrogens with one attached hydrogen (secondary N) is 1. The first kappa shape index (κ1) is 8.92. The second-order valence-electron chi connectivity index (χ2n) is 2.75. The minimum atomic E-state index is 0.305. The fourth-order valence-electron chi connectivity index (χ4n) is 0.894. The number of aromatic nitrogens is 4. The zero-order chi connectivity index (χ0) is 8.97. The lowest BCUT2D eigenvalue weighted by atomic mass is 10.2.